The van der Waals surface area contributed by atoms with Gasteiger partial charge in [-0.3, -0.25) is 4.79 Å². The number of hydrogen-bond acceptors (Lipinski definition) is 2. The Hall–Kier alpha value is -2.56. The molecular weight excluding hydrogens is 281 g/mol. The zero-order valence-corrected chi connectivity index (χ0v) is 11.8. The summed E-state index contributed by atoms with van der Waals surface area (Å²) in [7, 11) is 0. The zero-order chi connectivity index (χ0) is 20.8. The van der Waals surface area contributed by atoms with Gasteiger partial charge in [0.1, 0.15) is 7.19 Å². The molecule has 2 aliphatic heterocycles. The molecule has 0 aromatic heterocycles. The van der Waals surface area contributed by atoms with Gasteiger partial charge in [0, 0.05) is 19.0 Å². The Labute approximate surface area is 136 Å². The highest BCUT2D eigenvalue weighted by molar-refractivity contribution is 6.00. The quantitative estimate of drug-likeness (QED) is 0.857. The van der Waals surface area contributed by atoms with Gasteiger partial charge >= 0.3 is 5.84 Å². The van der Waals surface area contributed by atoms with Crippen molar-refractivity contribution in [3.05, 3.63) is 58.7 Å². The number of amidine groups is 1. The lowest BCUT2D eigenvalue weighted by Gasteiger charge is -2.09. The third-order valence-electron chi connectivity index (χ3n) is 3.20. The summed E-state index contributed by atoms with van der Waals surface area (Å²) in [5.41, 5.74) is 0.0576. The number of halogens is 1. The summed E-state index contributed by atoms with van der Waals surface area (Å²) in [5, 5.41) is 2.59. The SMILES string of the molecule is [2H]C1=C(C([2H])([2H])[2H])C([2H])=[N+]2C(=NC(C)=C2C(=O)NCc2cccc(F)c2)C1[2H]. The van der Waals surface area contributed by atoms with E-state index in [1.807, 2.05) is 0 Å². The topological polar surface area (TPSA) is 44.5 Å². The molecule has 1 atom stereocenters. The minimum Gasteiger partial charge on any atom is -0.345 e. The van der Waals surface area contributed by atoms with E-state index in [0.29, 0.717) is 5.56 Å². The first kappa shape index (κ1) is 8.78. The molecule has 22 heavy (non-hydrogen) atoms. The van der Waals surface area contributed by atoms with Crippen molar-refractivity contribution in [1.82, 2.24) is 5.32 Å². The maximum atomic E-state index is 13.3. The first-order valence-electron chi connectivity index (χ1n) is 9.69. The largest absolute Gasteiger partial charge is 0.345 e. The molecular formula is C17H17FN3O+. The van der Waals surface area contributed by atoms with Crippen molar-refractivity contribution in [1.29, 1.82) is 0 Å². The number of nitrogens with one attached hydrogen (secondary N) is 1. The number of carbonyl (C=O) groups is 1. The second-order valence-electron chi connectivity index (χ2n) is 4.83. The highest BCUT2D eigenvalue weighted by atomic mass is 19.1. The van der Waals surface area contributed by atoms with Gasteiger partial charge < -0.3 is 5.32 Å². The van der Waals surface area contributed by atoms with E-state index in [-0.39, 0.29) is 23.8 Å². The van der Waals surface area contributed by atoms with Gasteiger partial charge in [0.25, 0.3) is 5.91 Å². The van der Waals surface area contributed by atoms with Crippen LogP contribution < -0.4 is 5.32 Å². The van der Waals surface area contributed by atoms with Gasteiger partial charge in [-0.25, -0.2) is 4.39 Å². The molecule has 0 fully saturated rings. The van der Waals surface area contributed by atoms with Gasteiger partial charge in [-0.05, 0) is 35.1 Å². The molecule has 112 valence electrons. The predicted octanol–water partition coefficient (Wildman–Crippen LogP) is 2.52. The molecule has 1 unspecified atom stereocenters. The maximum absolute atomic E-state index is 13.3. The molecule has 0 saturated heterocycles. The summed E-state index contributed by atoms with van der Waals surface area (Å²) in [6.45, 7) is -1.26. The van der Waals surface area contributed by atoms with Crippen molar-refractivity contribution in [2.24, 2.45) is 4.99 Å². The summed E-state index contributed by atoms with van der Waals surface area (Å²) < 4.78 is 61.4. The Kier molecular flexibility index (Phi) is 2.26. The molecule has 5 heteroatoms. The van der Waals surface area contributed by atoms with Crippen molar-refractivity contribution in [3.63, 3.8) is 0 Å². The summed E-state index contributed by atoms with van der Waals surface area (Å²) in [4.78, 5) is 16.8. The third kappa shape index (κ3) is 2.74. The number of aliphatic imine (C=N–C) groups is 1. The van der Waals surface area contributed by atoms with E-state index in [9.17, 15) is 9.18 Å². The second kappa shape index (κ2) is 5.67. The normalized spacial score (nSPS) is 25.5. The summed E-state index contributed by atoms with van der Waals surface area (Å²) in [6, 6.07) is 5.15. The molecule has 0 aliphatic carbocycles. The van der Waals surface area contributed by atoms with Crippen LogP contribution in [0.25, 0.3) is 0 Å². The highest BCUT2D eigenvalue weighted by Gasteiger charge is 2.35. The lowest BCUT2D eigenvalue weighted by Crippen LogP contribution is -2.32. The fraction of sp³-hybridized carbons (Fsp3) is 0.235. The van der Waals surface area contributed by atoms with Crippen LogP contribution >= 0.6 is 0 Å². The zero-order valence-electron chi connectivity index (χ0n) is 17.8. The van der Waals surface area contributed by atoms with E-state index < -0.39 is 42.8 Å². The average Bonchev–Trinajstić information content (AvgIpc) is 2.94. The number of rotatable bonds is 3. The lowest BCUT2D eigenvalue weighted by atomic mass is 10.2. The molecule has 0 saturated carbocycles. The summed E-state index contributed by atoms with van der Waals surface area (Å²) in [6.07, 6.45) is -1.99. The van der Waals surface area contributed by atoms with Crippen molar-refractivity contribution >= 4 is 17.9 Å². The van der Waals surface area contributed by atoms with Gasteiger partial charge in [0.2, 0.25) is 11.4 Å². The fourth-order valence-corrected chi connectivity index (χ4v) is 2.22. The number of hydrogen-bond donors (Lipinski definition) is 1. The van der Waals surface area contributed by atoms with Gasteiger partial charge in [-0.2, -0.15) is 4.58 Å². The van der Waals surface area contributed by atoms with Crippen molar-refractivity contribution in [2.75, 3.05) is 0 Å². The minimum atomic E-state index is -2.78. The van der Waals surface area contributed by atoms with Crippen LogP contribution in [-0.2, 0) is 11.3 Å². The number of allylic oxidation sites excluding steroid dienone is 2. The first-order chi connectivity index (χ1) is 13.0. The van der Waals surface area contributed by atoms with E-state index in [2.05, 4.69) is 10.3 Å². The molecule has 0 spiro atoms. The van der Waals surface area contributed by atoms with Crippen molar-refractivity contribution < 1.29 is 22.0 Å². The summed E-state index contributed by atoms with van der Waals surface area (Å²) in [5.74, 6) is -1.15. The number of benzene rings is 1. The fourth-order valence-electron chi connectivity index (χ4n) is 2.22. The molecule has 4 nitrogen and oxygen atoms in total. The van der Waals surface area contributed by atoms with Crippen LogP contribution in [0.15, 0.2) is 52.3 Å². The minimum absolute atomic E-state index is 0.0137. The number of carbonyl (C=O) groups excluding carboxylic acids is 1. The molecule has 1 aromatic rings. The second-order valence-corrected chi connectivity index (χ2v) is 4.83. The van der Waals surface area contributed by atoms with Crippen LogP contribution in [0.5, 0.6) is 0 Å². The first-order valence-corrected chi connectivity index (χ1v) is 6.62. The standard InChI is InChI=1S/C17H16FN3O/c1-11-6-7-15-20-12(2)16(21(15)10-11)17(22)19-9-13-4-3-5-14(18)8-13/h3-6,8,10H,7,9H2,1-2H3/p+1/i1D3,6D,7D,10D. The molecule has 2 heterocycles. The van der Waals surface area contributed by atoms with Gasteiger partial charge in [-0.1, -0.05) is 18.2 Å². The number of nitrogens with zero attached hydrogens (tertiary/aromatic N) is 2. The van der Waals surface area contributed by atoms with E-state index >= 15 is 0 Å². The van der Waals surface area contributed by atoms with Crippen LogP contribution in [0.4, 0.5) is 4.39 Å². The van der Waals surface area contributed by atoms with Crippen LogP contribution in [0.3, 0.4) is 0 Å². The maximum Gasteiger partial charge on any atom is 0.308 e. The molecule has 1 aromatic carbocycles. The average molecular weight is 304 g/mol. The van der Waals surface area contributed by atoms with Gasteiger partial charge in [0.15, 0.2) is 0 Å². The van der Waals surface area contributed by atoms with Gasteiger partial charge in [0.05, 0.1) is 14.0 Å². The van der Waals surface area contributed by atoms with E-state index in [1.54, 1.807) is 6.07 Å². The Bertz CT molecular complexity index is 993. The Morgan fingerprint density at radius 1 is 1.64 bits per heavy atom. The smallest absolute Gasteiger partial charge is 0.308 e. The number of fused-ring (bicyclic) bond motifs is 1. The number of amides is 1. The Morgan fingerprint density at radius 2 is 2.50 bits per heavy atom. The van der Waals surface area contributed by atoms with Crippen LogP contribution in [0.2, 0.25) is 0 Å². The lowest BCUT2D eigenvalue weighted by molar-refractivity contribution is -0.337. The van der Waals surface area contributed by atoms with Crippen LogP contribution in [0.1, 0.15) is 34.0 Å². The van der Waals surface area contributed by atoms with Crippen LogP contribution in [0, 0.1) is 5.82 Å². The van der Waals surface area contributed by atoms with Crippen molar-refractivity contribution in [2.45, 2.75) is 26.7 Å². The highest BCUT2D eigenvalue weighted by Crippen LogP contribution is 2.21. The molecule has 0 bridgehead atoms. The van der Waals surface area contributed by atoms with Crippen LogP contribution in [-0.4, -0.2) is 22.5 Å². The van der Waals surface area contributed by atoms with Crippen molar-refractivity contribution in [3.8, 4) is 0 Å². The molecule has 2 aliphatic rings. The molecule has 1 amide bonds. The Balaban J connectivity index is 1.95. The van der Waals surface area contributed by atoms with E-state index in [1.165, 1.54) is 25.1 Å². The molecule has 0 radical (unpaired) electrons. The van der Waals surface area contributed by atoms with Gasteiger partial charge in [-0.15, -0.1) is 0 Å². The Morgan fingerprint density at radius 3 is 3.27 bits per heavy atom. The molecule has 3 rings (SSSR count). The third-order valence-corrected chi connectivity index (χ3v) is 3.20. The molecule has 1 N–H and O–H groups in total. The van der Waals surface area contributed by atoms with E-state index in [0.717, 1.165) is 4.58 Å². The monoisotopic (exact) mass is 304 g/mol. The van der Waals surface area contributed by atoms with E-state index in [4.69, 9.17) is 8.22 Å². The predicted molar refractivity (Wildman–Crippen MR) is 83.1 cm³/mol. The summed E-state index contributed by atoms with van der Waals surface area (Å²) >= 11 is 0.